The molecule has 1 atom stereocenters. The zero-order valence-corrected chi connectivity index (χ0v) is 9.87. The Balaban J connectivity index is 2.02. The molecule has 0 spiro atoms. The lowest BCUT2D eigenvalue weighted by molar-refractivity contribution is 0.262. The van der Waals surface area contributed by atoms with Gasteiger partial charge < -0.3 is 0 Å². The van der Waals surface area contributed by atoms with Gasteiger partial charge in [0.2, 0.25) is 0 Å². The van der Waals surface area contributed by atoms with Crippen molar-refractivity contribution in [3.63, 3.8) is 0 Å². The van der Waals surface area contributed by atoms with Crippen molar-refractivity contribution in [2.75, 3.05) is 12.4 Å². The SMILES string of the molecule is Cc1cncc(CN2CCCC2CCl)c1. The Morgan fingerprint density at radius 1 is 1.53 bits per heavy atom. The van der Waals surface area contributed by atoms with Crippen LogP contribution in [0.2, 0.25) is 0 Å². The van der Waals surface area contributed by atoms with Crippen LogP contribution in [0.3, 0.4) is 0 Å². The van der Waals surface area contributed by atoms with Gasteiger partial charge in [-0.3, -0.25) is 9.88 Å². The lowest BCUT2D eigenvalue weighted by atomic mass is 10.2. The van der Waals surface area contributed by atoms with E-state index in [4.69, 9.17) is 11.6 Å². The quantitative estimate of drug-likeness (QED) is 0.734. The van der Waals surface area contributed by atoms with E-state index >= 15 is 0 Å². The van der Waals surface area contributed by atoms with Crippen LogP contribution in [0.5, 0.6) is 0 Å². The summed E-state index contributed by atoms with van der Waals surface area (Å²) in [6, 6.07) is 2.77. The molecule has 0 bridgehead atoms. The molecule has 0 aliphatic carbocycles. The van der Waals surface area contributed by atoms with Crippen molar-refractivity contribution >= 4 is 11.6 Å². The van der Waals surface area contributed by atoms with Crippen molar-refractivity contribution in [2.45, 2.75) is 32.4 Å². The molecule has 0 radical (unpaired) electrons. The maximum atomic E-state index is 5.94. The first-order valence-corrected chi connectivity index (χ1v) is 6.03. The van der Waals surface area contributed by atoms with Crippen LogP contribution in [0.25, 0.3) is 0 Å². The van der Waals surface area contributed by atoms with E-state index in [1.54, 1.807) is 0 Å². The van der Waals surface area contributed by atoms with Gasteiger partial charge in [0.05, 0.1) is 0 Å². The van der Waals surface area contributed by atoms with E-state index in [0.29, 0.717) is 6.04 Å². The van der Waals surface area contributed by atoms with Crippen molar-refractivity contribution in [1.29, 1.82) is 0 Å². The zero-order chi connectivity index (χ0) is 10.7. The molecule has 2 nitrogen and oxygen atoms in total. The third-order valence-corrected chi connectivity index (χ3v) is 3.35. The Hall–Kier alpha value is -0.600. The largest absolute Gasteiger partial charge is 0.295 e. The molecule has 2 heterocycles. The van der Waals surface area contributed by atoms with Crippen LogP contribution in [0.1, 0.15) is 24.0 Å². The number of aryl methyl sites for hydroxylation is 1. The van der Waals surface area contributed by atoms with Gasteiger partial charge in [0.25, 0.3) is 0 Å². The van der Waals surface area contributed by atoms with Gasteiger partial charge in [0, 0.05) is 30.9 Å². The summed E-state index contributed by atoms with van der Waals surface area (Å²) >= 11 is 5.94. The molecule has 82 valence electrons. The highest BCUT2D eigenvalue weighted by Crippen LogP contribution is 2.20. The minimum absolute atomic E-state index is 0.562. The highest BCUT2D eigenvalue weighted by atomic mass is 35.5. The van der Waals surface area contributed by atoms with Crippen LogP contribution in [0.15, 0.2) is 18.5 Å². The maximum absolute atomic E-state index is 5.94. The predicted octanol–water partition coefficient (Wildman–Crippen LogP) is 2.59. The van der Waals surface area contributed by atoms with Gasteiger partial charge >= 0.3 is 0 Å². The molecule has 3 heteroatoms. The number of hydrogen-bond acceptors (Lipinski definition) is 2. The minimum Gasteiger partial charge on any atom is -0.295 e. The van der Waals surface area contributed by atoms with Gasteiger partial charge in [-0.05, 0) is 37.4 Å². The minimum atomic E-state index is 0.562. The Morgan fingerprint density at radius 2 is 2.40 bits per heavy atom. The number of hydrogen-bond donors (Lipinski definition) is 0. The third-order valence-electron chi connectivity index (χ3n) is 2.99. The van der Waals surface area contributed by atoms with E-state index in [1.807, 2.05) is 12.4 Å². The zero-order valence-electron chi connectivity index (χ0n) is 9.12. The van der Waals surface area contributed by atoms with Gasteiger partial charge in [0.1, 0.15) is 0 Å². The standard InChI is InChI=1S/C12H17ClN2/c1-10-5-11(8-14-7-10)9-15-4-2-3-12(15)6-13/h5,7-8,12H,2-4,6,9H2,1H3. The summed E-state index contributed by atoms with van der Waals surface area (Å²) < 4.78 is 0. The second-order valence-corrected chi connectivity index (χ2v) is 4.60. The van der Waals surface area contributed by atoms with Gasteiger partial charge in [0.15, 0.2) is 0 Å². The van der Waals surface area contributed by atoms with Crippen LogP contribution >= 0.6 is 11.6 Å². The summed E-state index contributed by atoms with van der Waals surface area (Å²) in [5, 5.41) is 0. The van der Waals surface area contributed by atoms with Gasteiger partial charge in [-0.25, -0.2) is 0 Å². The van der Waals surface area contributed by atoms with E-state index in [-0.39, 0.29) is 0 Å². The van der Waals surface area contributed by atoms with Crippen LogP contribution in [-0.2, 0) is 6.54 Å². The van der Waals surface area contributed by atoms with E-state index < -0.39 is 0 Å². The first-order valence-electron chi connectivity index (χ1n) is 5.50. The second kappa shape index (κ2) is 4.95. The first-order chi connectivity index (χ1) is 7.29. The van der Waals surface area contributed by atoms with E-state index in [1.165, 1.54) is 30.5 Å². The second-order valence-electron chi connectivity index (χ2n) is 4.29. The number of alkyl halides is 1. The van der Waals surface area contributed by atoms with E-state index in [2.05, 4.69) is 22.9 Å². The lowest BCUT2D eigenvalue weighted by Crippen LogP contribution is -2.30. The number of nitrogens with zero attached hydrogens (tertiary/aromatic N) is 2. The fourth-order valence-corrected chi connectivity index (χ4v) is 2.57. The fraction of sp³-hybridized carbons (Fsp3) is 0.583. The lowest BCUT2D eigenvalue weighted by Gasteiger charge is -2.22. The van der Waals surface area contributed by atoms with Crippen LogP contribution in [0.4, 0.5) is 0 Å². The molecular formula is C12H17ClN2. The molecule has 1 fully saturated rings. The van der Waals surface area contributed by atoms with Crippen LogP contribution in [-0.4, -0.2) is 28.4 Å². The number of rotatable bonds is 3. The Kier molecular flexibility index (Phi) is 3.60. The summed E-state index contributed by atoms with van der Waals surface area (Å²) in [7, 11) is 0. The first kappa shape index (κ1) is 10.9. The fourth-order valence-electron chi connectivity index (χ4n) is 2.22. The normalized spacial score (nSPS) is 22.1. The molecule has 1 saturated heterocycles. The van der Waals surface area contributed by atoms with Crippen molar-refractivity contribution in [3.05, 3.63) is 29.6 Å². The predicted molar refractivity (Wildman–Crippen MR) is 63.1 cm³/mol. The van der Waals surface area contributed by atoms with Crippen molar-refractivity contribution < 1.29 is 0 Å². The number of pyridine rings is 1. The summed E-state index contributed by atoms with van der Waals surface area (Å²) in [5.74, 6) is 0.749. The average Bonchev–Trinajstić information content (AvgIpc) is 2.65. The number of halogens is 1. The average molecular weight is 225 g/mol. The smallest absolute Gasteiger partial charge is 0.0379 e. The molecule has 1 aliphatic heterocycles. The summed E-state index contributed by atoms with van der Waals surface area (Å²) in [6.07, 6.45) is 6.36. The topological polar surface area (TPSA) is 16.1 Å². The van der Waals surface area contributed by atoms with E-state index in [0.717, 1.165) is 12.4 Å². The summed E-state index contributed by atoms with van der Waals surface area (Å²) in [6.45, 7) is 4.25. The van der Waals surface area contributed by atoms with Gasteiger partial charge in [-0.1, -0.05) is 6.07 Å². The molecule has 0 aromatic carbocycles. The molecule has 2 rings (SSSR count). The summed E-state index contributed by atoms with van der Waals surface area (Å²) in [5.41, 5.74) is 2.53. The highest BCUT2D eigenvalue weighted by Gasteiger charge is 2.23. The molecular weight excluding hydrogens is 208 g/mol. The number of likely N-dealkylation sites (tertiary alicyclic amines) is 1. The molecule has 15 heavy (non-hydrogen) atoms. The molecule has 1 aromatic rings. The molecule has 0 saturated carbocycles. The van der Waals surface area contributed by atoms with Gasteiger partial charge in [-0.2, -0.15) is 0 Å². The Morgan fingerprint density at radius 3 is 3.13 bits per heavy atom. The summed E-state index contributed by atoms with van der Waals surface area (Å²) in [4.78, 5) is 6.68. The van der Waals surface area contributed by atoms with Crippen LogP contribution in [0, 0.1) is 6.92 Å². The van der Waals surface area contributed by atoms with Gasteiger partial charge in [-0.15, -0.1) is 11.6 Å². The Bertz CT molecular complexity index is 327. The molecule has 0 N–H and O–H groups in total. The maximum Gasteiger partial charge on any atom is 0.0379 e. The third kappa shape index (κ3) is 2.70. The van der Waals surface area contributed by atoms with Crippen molar-refractivity contribution in [2.24, 2.45) is 0 Å². The van der Waals surface area contributed by atoms with E-state index in [9.17, 15) is 0 Å². The van der Waals surface area contributed by atoms with Crippen molar-refractivity contribution in [1.82, 2.24) is 9.88 Å². The monoisotopic (exact) mass is 224 g/mol. The molecule has 0 amide bonds. The van der Waals surface area contributed by atoms with Crippen molar-refractivity contribution in [3.8, 4) is 0 Å². The Labute approximate surface area is 96.3 Å². The van der Waals surface area contributed by atoms with Crippen LogP contribution < -0.4 is 0 Å². The highest BCUT2D eigenvalue weighted by molar-refractivity contribution is 6.18. The molecule has 1 unspecified atom stereocenters. The molecule has 1 aliphatic rings. The molecule has 1 aromatic heterocycles. The number of aromatic nitrogens is 1.